The Labute approximate surface area is 127 Å². The van der Waals surface area contributed by atoms with Gasteiger partial charge in [-0.3, -0.25) is 4.79 Å². The lowest BCUT2D eigenvalue weighted by atomic mass is 10.1. The smallest absolute Gasteiger partial charge is 0.270 e. The van der Waals surface area contributed by atoms with E-state index < -0.39 is 0 Å². The van der Waals surface area contributed by atoms with Crippen LogP contribution < -0.4 is 11.1 Å². The SMILES string of the molecule is CC(CN)CNC(=O)c1csc(Cc2ccccc2F)n1. The quantitative estimate of drug-likeness (QED) is 0.859. The van der Waals surface area contributed by atoms with Crippen LogP contribution in [0.4, 0.5) is 4.39 Å². The first-order valence-corrected chi connectivity index (χ1v) is 7.64. The molecule has 0 aliphatic rings. The molecule has 1 amide bonds. The highest BCUT2D eigenvalue weighted by molar-refractivity contribution is 7.09. The van der Waals surface area contributed by atoms with E-state index in [0.29, 0.717) is 30.8 Å². The number of hydrogen-bond acceptors (Lipinski definition) is 4. The maximum atomic E-state index is 13.6. The molecule has 0 spiro atoms. The van der Waals surface area contributed by atoms with Crippen molar-refractivity contribution in [3.63, 3.8) is 0 Å². The molecule has 2 aromatic rings. The number of nitrogens with two attached hydrogens (primary N) is 1. The van der Waals surface area contributed by atoms with E-state index in [9.17, 15) is 9.18 Å². The van der Waals surface area contributed by atoms with Crippen molar-refractivity contribution in [1.29, 1.82) is 0 Å². The molecule has 1 unspecified atom stereocenters. The van der Waals surface area contributed by atoms with Crippen LogP contribution in [0.25, 0.3) is 0 Å². The van der Waals surface area contributed by atoms with Crippen LogP contribution >= 0.6 is 11.3 Å². The van der Waals surface area contributed by atoms with Crippen LogP contribution in [0, 0.1) is 11.7 Å². The molecule has 2 rings (SSSR count). The Morgan fingerprint density at radius 3 is 2.95 bits per heavy atom. The number of benzene rings is 1. The van der Waals surface area contributed by atoms with Gasteiger partial charge in [0.1, 0.15) is 11.5 Å². The zero-order valence-corrected chi connectivity index (χ0v) is 12.6. The Hall–Kier alpha value is -1.79. The molecular formula is C15H18FN3OS. The third kappa shape index (κ3) is 4.34. The van der Waals surface area contributed by atoms with Gasteiger partial charge >= 0.3 is 0 Å². The van der Waals surface area contributed by atoms with Crippen molar-refractivity contribution >= 4 is 17.2 Å². The van der Waals surface area contributed by atoms with Crippen molar-refractivity contribution in [3.05, 3.63) is 51.7 Å². The molecule has 6 heteroatoms. The van der Waals surface area contributed by atoms with E-state index in [1.807, 2.05) is 6.92 Å². The largest absolute Gasteiger partial charge is 0.350 e. The minimum Gasteiger partial charge on any atom is -0.350 e. The average Bonchev–Trinajstić information content (AvgIpc) is 2.95. The predicted molar refractivity (Wildman–Crippen MR) is 81.9 cm³/mol. The fourth-order valence-corrected chi connectivity index (χ4v) is 2.54. The lowest BCUT2D eigenvalue weighted by Gasteiger charge is -2.08. The summed E-state index contributed by atoms with van der Waals surface area (Å²) in [6.45, 7) is 3.01. The van der Waals surface area contributed by atoms with E-state index in [2.05, 4.69) is 10.3 Å². The van der Waals surface area contributed by atoms with Crippen molar-refractivity contribution in [2.45, 2.75) is 13.3 Å². The summed E-state index contributed by atoms with van der Waals surface area (Å²) in [5, 5.41) is 5.20. The van der Waals surface area contributed by atoms with Gasteiger partial charge in [-0.15, -0.1) is 11.3 Å². The second-order valence-electron chi connectivity index (χ2n) is 4.95. The minimum atomic E-state index is -0.254. The van der Waals surface area contributed by atoms with Crippen LogP contribution in [0.15, 0.2) is 29.6 Å². The highest BCUT2D eigenvalue weighted by Gasteiger charge is 2.12. The molecule has 4 nitrogen and oxygen atoms in total. The number of halogens is 1. The van der Waals surface area contributed by atoms with E-state index in [1.54, 1.807) is 23.6 Å². The maximum Gasteiger partial charge on any atom is 0.270 e. The van der Waals surface area contributed by atoms with Crippen LogP contribution in [0.1, 0.15) is 28.0 Å². The molecule has 0 saturated heterocycles. The summed E-state index contributed by atoms with van der Waals surface area (Å²) < 4.78 is 13.6. The summed E-state index contributed by atoms with van der Waals surface area (Å²) >= 11 is 1.36. The van der Waals surface area contributed by atoms with Gasteiger partial charge in [-0.1, -0.05) is 25.1 Å². The third-order valence-electron chi connectivity index (χ3n) is 3.10. The number of hydrogen-bond donors (Lipinski definition) is 2. The number of rotatable bonds is 6. The van der Waals surface area contributed by atoms with E-state index >= 15 is 0 Å². The number of amides is 1. The first-order valence-electron chi connectivity index (χ1n) is 6.76. The van der Waals surface area contributed by atoms with Crippen molar-refractivity contribution < 1.29 is 9.18 Å². The lowest BCUT2D eigenvalue weighted by Crippen LogP contribution is -2.31. The number of carbonyl (C=O) groups is 1. The normalized spacial score (nSPS) is 12.1. The van der Waals surface area contributed by atoms with Gasteiger partial charge in [0, 0.05) is 18.3 Å². The topological polar surface area (TPSA) is 68.0 Å². The molecule has 0 radical (unpaired) electrons. The number of thiazole rings is 1. The van der Waals surface area contributed by atoms with Gasteiger partial charge in [-0.05, 0) is 24.1 Å². The zero-order valence-electron chi connectivity index (χ0n) is 11.8. The summed E-state index contributed by atoms with van der Waals surface area (Å²) in [7, 11) is 0. The predicted octanol–water partition coefficient (Wildman–Crippen LogP) is 2.20. The fourth-order valence-electron chi connectivity index (χ4n) is 1.74. The van der Waals surface area contributed by atoms with Crippen molar-refractivity contribution in [2.24, 2.45) is 11.7 Å². The van der Waals surface area contributed by atoms with Crippen molar-refractivity contribution in [3.8, 4) is 0 Å². The molecule has 1 heterocycles. The maximum absolute atomic E-state index is 13.6. The molecule has 1 aromatic carbocycles. The Morgan fingerprint density at radius 1 is 1.48 bits per heavy atom. The summed E-state index contributed by atoms with van der Waals surface area (Å²) in [6, 6.07) is 6.58. The van der Waals surface area contributed by atoms with E-state index in [1.165, 1.54) is 17.4 Å². The first-order chi connectivity index (χ1) is 10.1. The number of carbonyl (C=O) groups excluding carboxylic acids is 1. The van der Waals surface area contributed by atoms with Crippen LogP contribution in [0.5, 0.6) is 0 Å². The Balaban J connectivity index is 1.98. The Kier molecular flexibility index (Phi) is 5.41. The Morgan fingerprint density at radius 2 is 2.24 bits per heavy atom. The van der Waals surface area contributed by atoms with Crippen LogP contribution in [-0.4, -0.2) is 24.0 Å². The van der Waals surface area contributed by atoms with E-state index in [4.69, 9.17) is 5.73 Å². The number of nitrogens with one attached hydrogen (secondary N) is 1. The van der Waals surface area contributed by atoms with Gasteiger partial charge in [-0.2, -0.15) is 0 Å². The zero-order chi connectivity index (χ0) is 15.2. The third-order valence-corrected chi connectivity index (χ3v) is 3.95. The molecular weight excluding hydrogens is 289 g/mol. The standard InChI is InChI=1S/C15H18FN3OS/c1-10(7-17)8-18-15(20)13-9-21-14(19-13)6-11-4-2-3-5-12(11)16/h2-5,9-10H,6-8,17H2,1H3,(H,18,20). The van der Waals surface area contributed by atoms with Crippen LogP contribution in [0.3, 0.4) is 0 Å². The van der Waals surface area contributed by atoms with Gasteiger partial charge in [0.2, 0.25) is 0 Å². The van der Waals surface area contributed by atoms with Crippen molar-refractivity contribution in [2.75, 3.05) is 13.1 Å². The molecule has 0 aliphatic carbocycles. The summed E-state index contributed by atoms with van der Waals surface area (Å²) in [5.74, 6) is -0.243. The molecule has 0 aliphatic heterocycles. The van der Waals surface area contributed by atoms with E-state index in [-0.39, 0.29) is 17.6 Å². The van der Waals surface area contributed by atoms with Crippen LogP contribution in [-0.2, 0) is 6.42 Å². The van der Waals surface area contributed by atoms with Gasteiger partial charge in [0.25, 0.3) is 5.91 Å². The van der Waals surface area contributed by atoms with Gasteiger partial charge in [-0.25, -0.2) is 9.37 Å². The summed E-state index contributed by atoms with van der Waals surface area (Å²) in [5.41, 5.74) is 6.45. The molecule has 0 fully saturated rings. The van der Waals surface area contributed by atoms with Gasteiger partial charge in [0.05, 0.1) is 5.01 Å². The first kappa shape index (κ1) is 15.6. The van der Waals surface area contributed by atoms with Crippen molar-refractivity contribution in [1.82, 2.24) is 10.3 Å². The molecule has 1 atom stereocenters. The summed E-state index contributed by atoms with van der Waals surface area (Å²) in [6.07, 6.45) is 0.393. The second-order valence-corrected chi connectivity index (χ2v) is 5.89. The molecule has 21 heavy (non-hydrogen) atoms. The number of nitrogens with zero attached hydrogens (tertiary/aromatic N) is 1. The van der Waals surface area contributed by atoms with Gasteiger partial charge < -0.3 is 11.1 Å². The van der Waals surface area contributed by atoms with Gasteiger partial charge in [0.15, 0.2) is 0 Å². The fraction of sp³-hybridized carbons (Fsp3) is 0.333. The monoisotopic (exact) mass is 307 g/mol. The molecule has 1 aromatic heterocycles. The highest BCUT2D eigenvalue weighted by atomic mass is 32.1. The summed E-state index contributed by atoms with van der Waals surface area (Å²) in [4.78, 5) is 16.2. The molecule has 0 saturated carbocycles. The molecule has 112 valence electrons. The Bertz CT molecular complexity index is 614. The van der Waals surface area contributed by atoms with E-state index in [0.717, 1.165) is 5.01 Å². The molecule has 0 bridgehead atoms. The number of aromatic nitrogens is 1. The minimum absolute atomic E-state index is 0.216. The van der Waals surface area contributed by atoms with Crippen LogP contribution in [0.2, 0.25) is 0 Å². The second kappa shape index (κ2) is 7.28. The molecule has 3 N–H and O–H groups in total. The average molecular weight is 307 g/mol. The highest BCUT2D eigenvalue weighted by Crippen LogP contribution is 2.17. The lowest BCUT2D eigenvalue weighted by molar-refractivity contribution is 0.0944.